The van der Waals surface area contributed by atoms with Crippen LogP contribution in [0.4, 0.5) is 0 Å². The van der Waals surface area contributed by atoms with E-state index in [9.17, 15) is 9.59 Å². The van der Waals surface area contributed by atoms with E-state index in [1.54, 1.807) is 12.1 Å². The molecule has 0 fully saturated rings. The van der Waals surface area contributed by atoms with E-state index in [1.807, 2.05) is 44.2 Å². The zero-order valence-electron chi connectivity index (χ0n) is 12.2. The summed E-state index contributed by atoms with van der Waals surface area (Å²) in [6.45, 7) is 4.02. The molecule has 4 heteroatoms. The van der Waals surface area contributed by atoms with Crippen molar-refractivity contribution in [3.63, 3.8) is 0 Å². The molecule has 0 amide bonds. The van der Waals surface area contributed by atoms with E-state index in [0.29, 0.717) is 17.9 Å². The van der Waals surface area contributed by atoms with Crippen LogP contribution in [0.25, 0.3) is 10.8 Å². The van der Waals surface area contributed by atoms with Gasteiger partial charge in [-0.05, 0) is 29.2 Å². The van der Waals surface area contributed by atoms with Gasteiger partial charge in [0, 0.05) is 0 Å². The second-order valence-electron chi connectivity index (χ2n) is 5.29. The Hall–Kier alpha value is -2.36. The van der Waals surface area contributed by atoms with Crippen LogP contribution in [0.1, 0.15) is 37.0 Å². The van der Waals surface area contributed by atoms with Gasteiger partial charge in [0.1, 0.15) is 0 Å². The number of carbonyl (C=O) groups is 2. The van der Waals surface area contributed by atoms with Crippen molar-refractivity contribution >= 4 is 22.7 Å². The zero-order valence-corrected chi connectivity index (χ0v) is 12.2. The molecule has 4 nitrogen and oxygen atoms in total. The van der Waals surface area contributed by atoms with Crippen LogP contribution < -0.4 is 0 Å². The molecule has 0 radical (unpaired) electrons. The van der Waals surface area contributed by atoms with Crippen LogP contribution in [0.2, 0.25) is 0 Å². The largest absolute Gasteiger partial charge is 0.386 e. The molecule has 0 bridgehead atoms. The molecular weight excluding hydrogens is 268 g/mol. The maximum absolute atomic E-state index is 12.0. The molecular formula is C17H18O4. The van der Waals surface area contributed by atoms with Gasteiger partial charge in [0.2, 0.25) is 0 Å². The molecule has 0 aliphatic rings. The molecule has 0 aliphatic heterocycles. The quantitative estimate of drug-likeness (QED) is 0.632. The maximum atomic E-state index is 12.0. The van der Waals surface area contributed by atoms with Crippen LogP contribution in [0.15, 0.2) is 42.5 Å². The Morgan fingerprint density at radius 3 is 2.48 bits per heavy atom. The summed E-state index contributed by atoms with van der Waals surface area (Å²) in [5, 5.41) is 1.70. The lowest BCUT2D eigenvalue weighted by Crippen LogP contribution is -2.12. The summed E-state index contributed by atoms with van der Waals surface area (Å²) in [6.07, 6.45) is 0.936. The Labute approximate surface area is 123 Å². The van der Waals surface area contributed by atoms with Crippen LogP contribution in [-0.4, -0.2) is 11.9 Å². The SMILES string of the molecule is CC(C)CCC(=O)OOC(=O)c1cccc2ccccc12. The number of rotatable bonds is 4. The van der Waals surface area contributed by atoms with E-state index in [1.165, 1.54) is 0 Å². The fourth-order valence-electron chi connectivity index (χ4n) is 1.98. The van der Waals surface area contributed by atoms with Gasteiger partial charge in [-0.3, -0.25) is 0 Å². The van der Waals surface area contributed by atoms with E-state index in [2.05, 4.69) is 9.78 Å². The first-order valence-electron chi connectivity index (χ1n) is 6.97. The molecule has 0 saturated heterocycles. The molecule has 2 aromatic carbocycles. The Morgan fingerprint density at radius 1 is 1.00 bits per heavy atom. The molecule has 0 saturated carbocycles. The minimum Gasteiger partial charge on any atom is -0.247 e. The molecule has 0 atom stereocenters. The summed E-state index contributed by atoms with van der Waals surface area (Å²) in [6, 6.07) is 12.8. The third-order valence-electron chi connectivity index (χ3n) is 3.15. The highest BCUT2D eigenvalue weighted by Gasteiger charge is 2.15. The van der Waals surface area contributed by atoms with Gasteiger partial charge in [-0.15, -0.1) is 0 Å². The van der Waals surface area contributed by atoms with Gasteiger partial charge in [-0.2, -0.15) is 0 Å². The minimum absolute atomic E-state index is 0.237. The molecule has 2 aromatic rings. The van der Waals surface area contributed by atoms with Crippen molar-refractivity contribution < 1.29 is 19.4 Å². The third-order valence-corrected chi connectivity index (χ3v) is 3.15. The summed E-state index contributed by atoms with van der Waals surface area (Å²) in [5.74, 6) is -0.798. The van der Waals surface area contributed by atoms with Gasteiger partial charge in [0.25, 0.3) is 0 Å². The number of carbonyl (C=O) groups excluding carboxylic acids is 2. The van der Waals surface area contributed by atoms with E-state index < -0.39 is 11.9 Å². The number of fused-ring (bicyclic) bond motifs is 1. The average molecular weight is 286 g/mol. The lowest BCUT2D eigenvalue weighted by molar-refractivity contribution is -0.234. The van der Waals surface area contributed by atoms with Crippen molar-refractivity contribution in [3.05, 3.63) is 48.0 Å². The molecule has 0 spiro atoms. The fourth-order valence-corrected chi connectivity index (χ4v) is 1.98. The van der Waals surface area contributed by atoms with E-state index in [-0.39, 0.29) is 6.42 Å². The number of hydrogen-bond acceptors (Lipinski definition) is 4. The first-order chi connectivity index (χ1) is 10.1. The Morgan fingerprint density at radius 2 is 1.71 bits per heavy atom. The van der Waals surface area contributed by atoms with Crippen LogP contribution in [0.5, 0.6) is 0 Å². The molecule has 110 valence electrons. The summed E-state index contributed by atoms with van der Waals surface area (Å²) in [4.78, 5) is 32.7. The van der Waals surface area contributed by atoms with Gasteiger partial charge in [-0.25, -0.2) is 19.4 Å². The Bertz CT molecular complexity index is 641. The topological polar surface area (TPSA) is 52.6 Å². The van der Waals surface area contributed by atoms with Crippen LogP contribution in [0, 0.1) is 5.92 Å². The highest BCUT2D eigenvalue weighted by atomic mass is 17.2. The molecule has 2 rings (SSSR count). The smallest absolute Gasteiger partial charge is 0.247 e. The van der Waals surface area contributed by atoms with Crippen molar-refractivity contribution in [2.75, 3.05) is 0 Å². The first kappa shape index (κ1) is 15.0. The van der Waals surface area contributed by atoms with Crippen molar-refractivity contribution in [2.45, 2.75) is 26.7 Å². The zero-order chi connectivity index (χ0) is 15.2. The standard InChI is InChI=1S/C17H18O4/c1-12(2)10-11-16(18)20-21-17(19)15-9-5-7-13-6-3-4-8-14(13)15/h3-9,12H,10-11H2,1-2H3. The second-order valence-corrected chi connectivity index (χ2v) is 5.29. The van der Waals surface area contributed by atoms with Crippen LogP contribution >= 0.6 is 0 Å². The van der Waals surface area contributed by atoms with E-state index in [4.69, 9.17) is 0 Å². The number of hydrogen-bond donors (Lipinski definition) is 0. The van der Waals surface area contributed by atoms with Gasteiger partial charge in [0.05, 0.1) is 12.0 Å². The van der Waals surface area contributed by atoms with Crippen LogP contribution in [-0.2, 0) is 14.6 Å². The monoisotopic (exact) mass is 286 g/mol. The van der Waals surface area contributed by atoms with Gasteiger partial charge < -0.3 is 0 Å². The van der Waals surface area contributed by atoms with Crippen molar-refractivity contribution in [2.24, 2.45) is 5.92 Å². The number of benzene rings is 2. The first-order valence-corrected chi connectivity index (χ1v) is 6.97. The minimum atomic E-state index is -0.662. The Balaban J connectivity index is 2.01. The molecule has 0 unspecified atom stereocenters. The van der Waals surface area contributed by atoms with E-state index >= 15 is 0 Å². The summed E-state index contributed by atoms with van der Waals surface area (Å²) >= 11 is 0. The average Bonchev–Trinajstić information content (AvgIpc) is 2.50. The normalized spacial score (nSPS) is 10.6. The third kappa shape index (κ3) is 4.05. The molecule has 0 N–H and O–H groups in total. The molecule has 21 heavy (non-hydrogen) atoms. The van der Waals surface area contributed by atoms with Crippen molar-refractivity contribution in [1.82, 2.24) is 0 Å². The van der Waals surface area contributed by atoms with E-state index in [0.717, 1.165) is 10.8 Å². The summed E-state index contributed by atoms with van der Waals surface area (Å²) < 4.78 is 0. The highest BCUT2D eigenvalue weighted by molar-refractivity contribution is 6.04. The summed E-state index contributed by atoms with van der Waals surface area (Å²) in [5.41, 5.74) is 0.379. The molecule has 0 heterocycles. The van der Waals surface area contributed by atoms with Crippen molar-refractivity contribution in [1.29, 1.82) is 0 Å². The van der Waals surface area contributed by atoms with Gasteiger partial charge >= 0.3 is 11.9 Å². The molecule has 0 aromatic heterocycles. The predicted molar refractivity (Wildman–Crippen MR) is 79.5 cm³/mol. The maximum Gasteiger partial charge on any atom is 0.386 e. The second kappa shape index (κ2) is 6.88. The Kier molecular flexibility index (Phi) is 4.93. The highest BCUT2D eigenvalue weighted by Crippen LogP contribution is 2.19. The predicted octanol–water partition coefficient (Wildman–Crippen LogP) is 3.89. The van der Waals surface area contributed by atoms with Gasteiger partial charge in [-0.1, -0.05) is 50.2 Å². The fraction of sp³-hybridized carbons (Fsp3) is 0.294. The lowest BCUT2D eigenvalue weighted by atomic mass is 10.1. The van der Waals surface area contributed by atoms with Crippen molar-refractivity contribution in [3.8, 4) is 0 Å². The summed E-state index contributed by atoms with van der Waals surface area (Å²) in [7, 11) is 0. The van der Waals surface area contributed by atoms with Crippen LogP contribution in [0.3, 0.4) is 0 Å². The van der Waals surface area contributed by atoms with Gasteiger partial charge in [0.15, 0.2) is 0 Å². The molecule has 0 aliphatic carbocycles. The lowest BCUT2D eigenvalue weighted by Gasteiger charge is -2.06.